The van der Waals surface area contributed by atoms with E-state index in [1.807, 2.05) is 33.0 Å². The van der Waals surface area contributed by atoms with E-state index in [2.05, 4.69) is 15.4 Å². The van der Waals surface area contributed by atoms with E-state index in [-0.39, 0.29) is 0 Å². The second-order valence-corrected chi connectivity index (χ2v) is 4.54. The maximum Gasteiger partial charge on any atom is 0.216 e. The number of nitrogens with zero attached hydrogens (tertiary/aromatic N) is 3. The molecule has 1 N–H and O–H groups in total. The van der Waals surface area contributed by atoms with E-state index in [0.717, 1.165) is 28.5 Å². The van der Waals surface area contributed by atoms with Crippen LogP contribution in [-0.4, -0.2) is 29.0 Å². The predicted octanol–water partition coefficient (Wildman–Crippen LogP) is 2.06. The Labute approximate surface area is 118 Å². The lowest BCUT2D eigenvalue weighted by Gasteiger charge is -2.11. The zero-order chi connectivity index (χ0) is 14.7. The smallest absolute Gasteiger partial charge is 0.216 e. The Morgan fingerprint density at radius 1 is 1.15 bits per heavy atom. The summed E-state index contributed by atoms with van der Waals surface area (Å²) < 4.78 is 12.2. The van der Waals surface area contributed by atoms with Crippen LogP contribution in [0.2, 0.25) is 0 Å². The third kappa shape index (κ3) is 2.68. The Balaban J connectivity index is 2.17. The molecule has 2 aromatic rings. The third-order valence-electron chi connectivity index (χ3n) is 3.21. The molecule has 0 aliphatic rings. The summed E-state index contributed by atoms with van der Waals surface area (Å²) in [5.74, 6) is 1.39. The van der Waals surface area contributed by atoms with Gasteiger partial charge in [-0.15, -0.1) is 0 Å². The number of rotatable bonds is 5. The van der Waals surface area contributed by atoms with Crippen LogP contribution in [0.15, 0.2) is 12.1 Å². The summed E-state index contributed by atoms with van der Waals surface area (Å²) in [4.78, 5) is 4.34. The Hall–Kier alpha value is -2.24. The van der Waals surface area contributed by atoms with Crippen molar-refractivity contribution in [2.45, 2.75) is 20.4 Å². The molecule has 0 unspecified atom stereocenters. The topological polar surface area (TPSA) is 61.2 Å². The average molecular weight is 276 g/mol. The summed E-state index contributed by atoms with van der Waals surface area (Å²) in [7, 11) is 5.13. The van der Waals surface area contributed by atoms with Crippen molar-refractivity contribution in [3.63, 3.8) is 0 Å². The minimum Gasteiger partial charge on any atom is -0.481 e. The zero-order valence-electron chi connectivity index (χ0n) is 12.5. The van der Waals surface area contributed by atoms with Crippen molar-refractivity contribution in [1.29, 1.82) is 0 Å². The molecule has 20 heavy (non-hydrogen) atoms. The molecule has 0 bridgehead atoms. The molecule has 2 rings (SSSR count). The summed E-state index contributed by atoms with van der Waals surface area (Å²) in [6.07, 6.45) is 0. The van der Waals surface area contributed by atoms with Crippen LogP contribution < -0.4 is 14.8 Å². The standard InChI is InChI=1S/C14H20N4O2/c1-9-11(14(20-5)18(3)17-9)8-15-12-6-7-13(19-4)16-10(12)2/h6-7,15H,8H2,1-5H3. The first-order valence-corrected chi connectivity index (χ1v) is 6.38. The molecule has 6 heteroatoms. The first kappa shape index (κ1) is 14.2. The molecule has 0 saturated carbocycles. The SMILES string of the molecule is COc1ccc(NCc2c(C)nn(C)c2OC)c(C)n1. The highest BCUT2D eigenvalue weighted by Crippen LogP contribution is 2.23. The van der Waals surface area contributed by atoms with Gasteiger partial charge in [0, 0.05) is 19.7 Å². The third-order valence-corrected chi connectivity index (χ3v) is 3.21. The molecular weight excluding hydrogens is 256 g/mol. The van der Waals surface area contributed by atoms with Crippen molar-refractivity contribution in [2.24, 2.45) is 7.05 Å². The van der Waals surface area contributed by atoms with Gasteiger partial charge < -0.3 is 14.8 Å². The number of nitrogens with one attached hydrogen (secondary N) is 1. The van der Waals surface area contributed by atoms with Crippen molar-refractivity contribution < 1.29 is 9.47 Å². The Kier molecular flexibility index (Phi) is 4.12. The lowest BCUT2D eigenvalue weighted by atomic mass is 10.2. The van der Waals surface area contributed by atoms with Gasteiger partial charge in [-0.3, -0.25) is 0 Å². The van der Waals surface area contributed by atoms with Gasteiger partial charge >= 0.3 is 0 Å². The van der Waals surface area contributed by atoms with Gasteiger partial charge in [0.1, 0.15) is 0 Å². The van der Waals surface area contributed by atoms with Crippen LogP contribution in [-0.2, 0) is 13.6 Å². The number of hydrogen-bond acceptors (Lipinski definition) is 5. The van der Waals surface area contributed by atoms with Gasteiger partial charge in [0.2, 0.25) is 11.8 Å². The lowest BCUT2D eigenvalue weighted by Crippen LogP contribution is -2.05. The molecule has 0 saturated heterocycles. The first-order valence-electron chi connectivity index (χ1n) is 6.38. The monoisotopic (exact) mass is 276 g/mol. The van der Waals surface area contributed by atoms with Crippen LogP contribution in [0.5, 0.6) is 11.8 Å². The van der Waals surface area contributed by atoms with Gasteiger partial charge in [-0.25, -0.2) is 9.67 Å². The fourth-order valence-corrected chi connectivity index (χ4v) is 2.16. The number of aromatic nitrogens is 3. The van der Waals surface area contributed by atoms with Gasteiger partial charge in [0.05, 0.1) is 36.9 Å². The molecule has 6 nitrogen and oxygen atoms in total. The maximum absolute atomic E-state index is 5.38. The predicted molar refractivity (Wildman–Crippen MR) is 77.3 cm³/mol. The maximum atomic E-state index is 5.38. The van der Waals surface area contributed by atoms with Crippen LogP contribution in [0.3, 0.4) is 0 Å². The van der Waals surface area contributed by atoms with E-state index in [9.17, 15) is 0 Å². The van der Waals surface area contributed by atoms with Gasteiger partial charge in [-0.1, -0.05) is 0 Å². The fraction of sp³-hybridized carbons (Fsp3) is 0.429. The summed E-state index contributed by atoms with van der Waals surface area (Å²) in [6.45, 7) is 4.55. The second-order valence-electron chi connectivity index (χ2n) is 4.54. The highest BCUT2D eigenvalue weighted by Gasteiger charge is 2.13. The Morgan fingerprint density at radius 3 is 2.50 bits per heavy atom. The van der Waals surface area contributed by atoms with Crippen molar-refractivity contribution in [1.82, 2.24) is 14.8 Å². The molecule has 2 heterocycles. The van der Waals surface area contributed by atoms with Gasteiger partial charge in [0.15, 0.2) is 0 Å². The lowest BCUT2D eigenvalue weighted by molar-refractivity contribution is 0.369. The number of ether oxygens (including phenoxy) is 2. The first-order chi connectivity index (χ1) is 9.56. The number of aryl methyl sites for hydroxylation is 3. The Bertz CT molecular complexity index is 607. The van der Waals surface area contributed by atoms with Crippen molar-refractivity contribution >= 4 is 5.69 Å². The van der Waals surface area contributed by atoms with E-state index in [1.54, 1.807) is 18.9 Å². The summed E-state index contributed by atoms with van der Waals surface area (Å²) in [5.41, 5.74) is 3.86. The highest BCUT2D eigenvalue weighted by atomic mass is 16.5. The van der Waals surface area contributed by atoms with Gasteiger partial charge in [-0.05, 0) is 19.9 Å². The van der Waals surface area contributed by atoms with E-state index >= 15 is 0 Å². The minimum atomic E-state index is 0.614. The average Bonchev–Trinajstić information content (AvgIpc) is 2.70. The Morgan fingerprint density at radius 2 is 1.90 bits per heavy atom. The molecule has 2 aromatic heterocycles. The molecule has 108 valence electrons. The van der Waals surface area contributed by atoms with Gasteiger partial charge in [0.25, 0.3) is 0 Å². The number of methoxy groups -OCH3 is 2. The molecule has 0 atom stereocenters. The van der Waals surface area contributed by atoms with Crippen LogP contribution in [0, 0.1) is 13.8 Å². The minimum absolute atomic E-state index is 0.614. The highest BCUT2D eigenvalue weighted by molar-refractivity contribution is 5.50. The van der Waals surface area contributed by atoms with E-state index in [1.165, 1.54) is 0 Å². The van der Waals surface area contributed by atoms with Crippen LogP contribution in [0.25, 0.3) is 0 Å². The van der Waals surface area contributed by atoms with Crippen LogP contribution in [0.4, 0.5) is 5.69 Å². The summed E-state index contributed by atoms with van der Waals surface area (Å²) in [6, 6.07) is 3.79. The van der Waals surface area contributed by atoms with Crippen LogP contribution in [0.1, 0.15) is 17.0 Å². The zero-order valence-corrected chi connectivity index (χ0v) is 12.5. The molecule has 0 aliphatic heterocycles. The molecule has 0 radical (unpaired) electrons. The number of anilines is 1. The van der Waals surface area contributed by atoms with Crippen molar-refractivity contribution in [2.75, 3.05) is 19.5 Å². The molecule has 0 fully saturated rings. The summed E-state index contributed by atoms with van der Waals surface area (Å²) in [5, 5.41) is 7.72. The largest absolute Gasteiger partial charge is 0.481 e. The van der Waals surface area contributed by atoms with E-state index in [4.69, 9.17) is 9.47 Å². The molecule has 0 amide bonds. The van der Waals surface area contributed by atoms with Crippen LogP contribution >= 0.6 is 0 Å². The van der Waals surface area contributed by atoms with Crippen molar-refractivity contribution in [3.8, 4) is 11.8 Å². The summed E-state index contributed by atoms with van der Waals surface area (Å²) >= 11 is 0. The molecular formula is C14H20N4O2. The fourth-order valence-electron chi connectivity index (χ4n) is 2.16. The number of hydrogen-bond donors (Lipinski definition) is 1. The molecule has 0 aromatic carbocycles. The van der Waals surface area contributed by atoms with E-state index < -0.39 is 0 Å². The van der Waals surface area contributed by atoms with Crippen molar-refractivity contribution in [3.05, 3.63) is 29.1 Å². The van der Waals surface area contributed by atoms with E-state index in [0.29, 0.717) is 12.4 Å². The molecule has 0 aliphatic carbocycles. The molecule has 0 spiro atoms. The second kappa shape index (κ2) is 5.81. The van der Waals surface area contributed by atoms with Gasteiger partial charge in [-0.2, -0.15) is 5.10 Å². The quantitative estimate of drug-likeness (QED) is 0.905. The number of pyridine rings is 1. The normalized spacial score (nSPS) is 10.4.